The van der Waals surface area contributed by atoms with Crippen molar-refractivity contribution in [1.82, 2.24) is 15.4 Å². The Balaban J connectivity index is 1.87. The van der Waals surface area contributed by atoms with Gasteiger partial charge in [0.2, 0.25) is 10.0 Å². The smallest absolute Gasteiger partial charge is 0.240 e. The van der Waals surface area contributed by atoms with E-state index in [4.69, 9.17) is 0 Å². The third kappa shape index (κ3) is 6.08. The molecule has 0 aliphatic heterocycles. The molecule has 2 aromatic carbocycles. The Morgan fingerprint density at radius 1 is 1.04 bits per heavy atom. The number of aryl methyl sites for hydroxylation is 1. The fourth-order valence-corrected chi connectivity index (χ4v) is 3.30. The maximum absolute atomic E-state index is 11.8. The fourth-order valence-electron chi connectivity index (χ4n) is 2.57. The predicted octanol–water partition coefficient (Wildman–Crippen LogP) is 2.37. The molecular weight excluding hydrogens is 360 g/mol. The monoisotopic (exact) mass is 388 g/mol. The number of benzene rings is 2. The van der Waals surface area contributed by atoms with Gasteiger partial charge in [-0.25, -0.2) is 13.1 Å². The van der Waals surface area contributed by atoms with Crippen molar-refractivity contribution in [2.24, 2.45) is 4.99 Å². The zero-order chi connectivity index (χ0) is 19.9. The molecule has 0 spiro atoms. The van der Waals surface area contributed by atoms with Gasteiger partial charge in [-0.2, -0.15) is 0 Å². The first-order valence-electron chi connectivity index (χ1n) is 8.89. The first-order valence-corrected chi connectivity index (χ1v) is 10.4. The molecule has 1 unspecified atom stereocenters. The molecule has 1 atom stereocenters. The second kappa shape index (κ2) is 9.53. The van der Waals surface area contributed by atoms with Crippen molar-refractivity contribution in [3.05, 3.63) is 65.2 Å². The lowest BCUT2D eigenvalue weighted by molar-refractivity contribution is 0.588. The predicted molar refractivity (Wildman–Crippen MR) is 110 cm³/mol. The van der Waals surface area contributed by atoms with Gasteiger partial charge in [-0.1, -0.05) is 48.9 Å². The van der Waals surface area contributed by atoms with Crippen molar-refractivity contribution in [1.29, 1.82) is 0 Å². The molecule has 0 fully saturated rings. The number of hydrogen-bond acceptors (Lipinski definition) is 3. The van der Waals surface area contributed by atoms with Crippen molar-refractivity contribution in [3.63, 3.8) is 0 Å². The Hall–Kier alpha value is -2.38. The minimum atomic E-state index is -3.40. The maximum Gasteiger partial charge on any atom is 0.240 e. The summed E-state index contributed by atoms with van der Waals surface area (Å²) in [5, 5.41) is 6.58. The number of nitrogens with zero attached hydrogens (tertiary/aromatic N) is 1. The number of sulfonamides is 1. The fraction of sp³-hybridized carbons (Fsp3) is 0.350. The third-order valence-corrected chi connectivity index (χ3v) is 5.84. The van der Waals surface area contributed by atoms with Crippen LogP contribution in [0.4, 0.5) is 0 Å². The van der Waals surface area contributed by atoms with Crippen LogP contribution in [0.25, 0.3) is 0 Å². The zero-order valence-corrected chi connectivity index (χ0v) is 17.1. The summed E-state index contributed by atoms with van der Waals surface area (Å²) in [5.74, 6) is 1.07. The maximum atomic E-state index is 11.8. The summed E-state index contributed by atoms with van der Waals surface area (Å²) in [7, 11) is -0.273. The summed E-state index contributed by atoms with van der Waals surface area (Å²) in [5.41, 5.74) is 3.51. The average Bonchev–Trinajstić information content (AvgIpc) is 2.68. The second-order valence-corrected chi connectivity index (χ2v) is 8.36. The van der Waals surface area contributed by atoms with Crippen LogP contribution in [0.3, 0.4) is 0 Å². The van der Waals surface area contributed by atoms with Gasteiger partial charge in [-0.15, -0.1) is 0 Å². The van der Waals surface area contributed by atoms with Crippen molar-refractivity contribution >= 4 is 16.0 Å². The van der Waals surface area contributed by atoms with Gasteiger partial charge in [0.05, 0.1) is 4.90 Å². The van der Waals surface area contributed by atoms with E-state index in [-0.39, 0.29) is 4.90 Å². The molecule has 0 aromatic heterocycles. The van der Waals surface area contributed by atoms with E-state index in [1.54, 1.807) is 31.3 Å². The lowest BCUT2D eigenvalue weighted by atomic mass is 10.0. The summed E-state index contributed by atoms with van der Waals surface area (Å²) in [4.78, 5) is 4.49. The molecule has 7 heteroatoms. The third-order valence-electron chi connectivity index (χ3n) is 4.41. The Morgan fingerprint density at radius 2 is 1.67 bits per heavy atom. The van der Waals surface area contributed by atoms with Gasteiger partial charge in [0.25, 0.3) is 0 Å². The molecule has 0 bridgehead atoms. The van der Waals surface area contributed by atoms with E-state index in [0.29, 0.717) is 18.4 Å². The molecule has 6 nitrogen and oxygen atoms in total. The molecule has 0 heterocycles. The van der Waals surface area contributed by atoms with Gasteiger partial charge in [0.1, 0.15) is 0 Å². The van der Waals surface area contributed by atoms with Crippen LogP contribution in [0.15, 0.2) is 58.4 Å². The number of nitrogens with one attached hydrogen (secondary N) is 3. The van der Waals surface area contributed by atoms with E-state index in [2.05, 4.69) is 58.5 Å². The normalized spacial score (nSPS) is 13.3. The van der Waals surface area contributed by atoms with E-state index < -0.39 is 10.0 Å². The number of rotatable bonds is 7. The van der Waals surface area contributed by atoms with Crippen LogP contribution in [0.5, 0.6) is 0 Å². The molecule has 0 saturated carbocycles. The summed E-state index contributed by atoms with van der Waals surface area (Å²) >= 11 is 0. The van der Waals surface area contributed by atoms with Crippen molar-refractivity contribution in [3.8, 4) is 0 Å². The topological polar surface area (TPSA) is 82.6 Å². The highest BCUT2D eigenvalue weighted by molar-refractivity contribution is 7.89. The van der Waals surface area contributed by atoms with E-state index in [1.807, 2.05) is 0 Å². The molecule has 0 aliphatic rings. The van der Waals surface area contributed by atoms with E-state index in [1.165, 1.54) is 18.2 Å². The quantitative estimate of drug-likeness (QED) is 0.502. The van der Waals surface area contributed by atoms with Crippen LogP contribution in [-0.2, 0) is 16.6 Å². The molecule has 0 radical (unpaired) electrons. The number of aliphatic imine (C=N–C) groups is 1. The van der Waals surface area contributed by atoms with E-state index in [9.17, 15) is 8.42 Å². The van der Waals surface area contributed by atoms with Crippen LogP contribution >= 0.6 is 0 Å². The molecule has 3 N–H and O–H groups in total. The Labute approximate surface area is 162 Å². The minimum absolute atomic E-state index is 0.253. The molecule has 0 saturated heterocycles. The van der Waals surface area contributed by atoms with Gasteiger partial charge in [0, 0.05) is 20.1 Å². The number of guanidine groups is 1. The Kier molecular flexibility index (Phi) is 7.38. The Bertz CT molecular complexity index is 860. The van der Waals surface area contributed by atoms with Crippen LogP contribution < -0.4 is 15.4 Å². The average molecular weight is 389 g/mol. The first kappa shape index (κ1) is 20.9. The summed E-state index contributed by atoms with van der Waals surface area (Å²) < 4.78 is 25.8. The van der Waals surface area contributed by atoms with Crippen molar-refractivity contribution in [2.75, 3.05) is 20.6 Å². The highest BCUT2D eigenvalue weighted by Crippen LogP contribution is 2.14. The lowest BCUT2D eigenvalue weighted by Gasteiger charge is -2.16. The zero-order valence-electron chi connectivity index (χ0n) is 16.3. The molecule has 0 aliphatic carbocycles. The SMILES string of the molecule is CN=C(NCc1ccc(S(=O)(=O)NC)cc1)NCC(C)c1ccc(C)cc1. The van der Waals surface area contributed by atoms with Crippen LogP contribution in [0.2, 0.25) is 0 Å². The van der Waals surface area contributed by atoms with Crippen LogP contribution in [0, 0.1) is 6.92 Å². The van der Waals surface area contributed by atoms with E-state index >= 15 is 0 Å². The lowest BCUT2D eigenvalue weighted by Crippen LogP contribution is -2.38. The standard InChI is InChI=1S/C20H28N4O2S/c1-15-5-9-18(10-6-15)16(2)13-23-20(21-3)24-14-17-7-11-19(12-8-17)27(25,26)22-4/h5-12,16,22H,13-14H2,1-4H3,(H2,21,23,24). The first-order chi connectivity index (χ1) is 12.9. The molecule has 2 rings (SSSR count). The van der Waals surface area contributed by atoms with Crippen LogP contribution in [-0.4, -0.2) is 35.0 Å². The van der Waals surface area contributed by atoms with Crippen molar-refractivity contribution < 1.29 is 8.42 Å². The van der Waals surface area contributed by atoms with Gasteiger partial charge in [-0.3, -0.25) is 4.99 Å². The molecule has 2 aromatic rings. The molecule has 0 amide bonds. The van der Waals surface area contributed by atoms with E-state index in [0.717, 1.165) is 12.1 Å². The summed E-state index contributed by atoms with van der Waals surface area (Å²) in [6.07, 6.45) is 0. The molecule has 146 valence electrons. The highest BCUT2D eigenvalue weighted by atomic mass is 32.2. The Morgan fingerprint density at radius 3 is 2.22 bits per heavy atom. The summed E-state index contributed by atoms with van der Waals surface area (Å²) in [6, 6.07) is 15.3. The highest BCUT2D eigenvalue weighted by Gasteiger charge is 2.10. The van der Waals surface area contributed by atoms with Gasteiger partial charge in [0.15, 0.2) is 5.96 Å². The minimum Gasteiger partial charge on any atom is -0.356 e. The second-order valence-electron chi connectivity index (χ2n) is 6.47. The van der Waals surface area contributed by atoms with Gasteiger partial charge < -0.3 is 10.6 Å². The van der Waals surface area contributed by atoms with Crippen molar-refractivity contribution in [2.45, 2.75) is 31.2 Å². The van der Waals surface area contributed by atoms with Gasteiger partial charge >= 0.3 is 0 Å². The largest absolute Gasteiger partial charge is 0.356 e. The van der Waals surface area contributed by atoms with Gasteiger partial charge in [-0.05, 0) is 43.1 Å². The van der Waals surface area contributed by atoms with Crippen LogP contribution in [0.1, 0.15) is 29.5 Å². The number of hydrogen-bond donors (Lipinski definition) is 3. The molecular formula is C20H28N4O2S. The summed E-state index contributed by atoms with van der Waals surface area (Å²) in [6.45, 7) is 5.58. The molecule has 27 heavy (non-hydrogen) atoms.